The lowest BCUT2D eigenvalue weighted by atomic mass is 10.1. The molecule has 0 heterocycles. The average Bonchev–Trinajstić information content (AvgIpc) is 2.41. The quantitative estimate of drug-likeness (QED) is 0.756. The molecule has 0 spiro atoms. The predicted molar refractivity (Wildman–Crippen MR) is 70.0 cm³/mol. The summed E-state index contributed by atoms with van der Waals surface area (Å²) in [6.07, 6.45) is 4.24. The second-order valence-corrected chi connectivity index (χ2v) is 3.15. The van der Waals surface area contributed by atoms with Crippen molar-refractivity contribution < 1.29 is 5.11 Å². The van der Waals surface area contributed by atoms with E-state index in [9.17, 15) is 0 Å². The van der Waals surface area contributed by atoms with E-state index < -0.39 is 0 Å². The third kappa shape index (κ3) is 4.11. The number of aliphatic hydroxyl groups excluding tert-OH is 1. The van der Waals surface area contributed by atoms with Gasteiger partial charge in [0.1, 0.15) is 0 Å². The van der Waals surface area contributed by atoms with Gasteiger partial charge < -0.3 is 5.11 Å². The minimum atomic E-state index is 1.00. The molecule has 2 aromatic rings. The lowest BCUT2D eigenvalue weighted by molar-refractivity contribution is 0.399. The maximum atomic E-state index is 7.00. The van der Waals surface area contributed by atoms with Gasteiger partial charge in [0.15, 0.2) is 0 Å². The zero-order valence-corrected chi connectivity index (χ0v) is 9.38. The summed E-state index contributed by atoms with van der Waals surface area (Å²) >= 11 is 0. The molecule has 0 aliphatic rings. The van der Waals surface area contributed by atoms with E-state index in [1.807, 2.05) is 36.4 Å². The van der Waals surface area contributed by atoms with Crippen LogP contribution in [0.1, 0.15) is 11.1 Å². The first-order chi connectivity index (χ1) is 7.95. The zero-order chi connectivity index (χ0) is 11.6. The maximum absolute atomic E-state index is 7.00. The van der Waals surface area contributed by atoms with E-state index in [-0.39, 0.29) is 0 Å². The van der Waals surface area contributed by atoms with E-state index in [0.717, 1.165) is 7.11 Å². The van der Waals surface area contributed by atoms with E-state index in [4.69, 9.17) is 5.11 Å². The van der Waals surface area contributed by atoms with Crippen molar-refractivity contribution in [3.05, 3.63) is 71.8 Å². The Balaban J connectivity index is 0.000000606. The monoisotopic (exact) mass is 212 g/mol. The molecule has 0 aliphatic heterocycles. The average molecular weight is 212 g/mol. The highest BCUT2D eigenvalue weighted by Gasteiger charge is 1.84. The molecule has 1 nitrogen and oxygen atoms in total. The van der Waals surface area contributed by atoms with Gasteiger partial charge in [0.25, 0.3) is 0 Å². The van der Waals surface area contributed by atoms with Crippen molar-refractivity contribution in [3.63, 3.8) is 0 Å². The van der Waals surface area contributed by atoms with Crippen LogP contribution < -0.4 is 0 Å². The molecule has 0 aromatic heterocycles. The van der Waals surface area contributed by atoms with Crippen LogP contribution in [0.25, 0.3) is 12.2 Å². The molecule has 0 atom stereocenters. The van der Waals surface area contributed by atoms with Crippen molar-refractivity contribution in [3.8, 4) is 0 Å². The minimum absolute atomic E-state index is 1.00. The van der Waals surface area contributed by atoms with Gasteiger partial charge in [-0.3, -0.25) is 0 Å². The highest BCUT2D eigenvalue weighted by molar-refractivity contribution is 5.69. The van der Waals surface area contributed by atoms with Gasteiger partial charge in [0, 0.05) is 7.11 Å². The van der Waals surface area contributed by atoms with Crippen LogP contribution >= 0.6 is 0 Å². The third-order valence-electron chi connectivity index (χ3n) is 2.07. The van der Waals surface area contributed by atoms with Gasteiger partial charge in [0.2, 0.25) is 0 Å². The number of hydrogen-bond acceptors (Lipinski definition) is 1. The molecule has 0 unspecified atom stereocenters. The van der Waals surface area contributed by atoms with Crippen molar-refractivity contribution in [2.45, 2.75) is 0 Å². The smallest absolute Gasteiger partial charge is 0.0319 e. The van der Waals surface area contributed by atoms with Gasteiger partial charge in [-0.1, -0.05) is 72.8 Å². The Kier molecular flexibility index (Phi) is 5.67. The van der Waals surface area contributed by atoms with Crippen molar-refractivity contribution in [1.29, 1.82) is 0 Å². The Hall–Kier alpha value is -1.86. The van der Waals surface area contributed by atoms with Gasteiger partial charge in [-0.15, -0.1) is 0 Å². The van der Waals surface area contributed by atoms with E-state index in [2.05, 4.69) is 36.4 Å². The molecule has 0 saturated carbocycles. The van der Waals surface area contributed by atoms with Crippen LogP contribution in [0.4, 0.5) is 0 Å². The summed E-state index contributed by atoms with van der Waals surface area (Å²) in [6.45, 7) is 0. The fraction of sp³-hybridized carbons (Fsp3) is 0.0667. The van der Waals surface area contributed by atoms with Gasteiger partial charge >= 0.3 is 0 Å². The number of benzene rings is 2. The summed E-state index contributed by atoms with van der Waals surface area (Å²) in [7, 11) is 1.00. The molecule has 2 aromatic carbocycles. The van der Waals surface area contributed by atoms with Crippen molar-refractivity contribution in [1.82, 2.24) is 0 Å². The van der Waals surface area contributed by atoms with E-state index in [0.29, 0.717) is 0 Å². The van der Waals surface area contributed by atoms with Gasteiger partial charge in [-0.05, 0) is 11.1 Å². The summed E-state index contributed by atoms with van der Waals surface area (Å²) in [4.78, 5) is 0. The molecule has 16 heavy (non-hydrogen) atoms. The molecule has 0 aliphatic carbocycles. The normalized spacial score (nSPS) is 9.62. The van der Waals surface area contributed by atoms with Gasteiger partial charge in [-0.25, -0.2) is 0 Å². The Morgan fingerprint density at radius 3 is 1.25 bits per heavy atom. The number of rotatable bonds is 2. The molecule has 82 valence electrons. The Morgan fingerprint density at radius 1 is 0.625 bits per heavy atom. The molecular formula is C15H16O. The molecule has 0 fully saturated rings. The summed E-state index contributed by atoms with van der Waals surface area (Å²) < 4.78 is 0. The molecule has 1 heteroatoms. The van der Waals surface area contributed by atoms with Crippen LogP contribution in [0, 0.1) is 0 Å². The van der Waals surface area contributed by atoms with Crippen LogP contribution in [0.5, 0.6) is 0 Å². The largest absolute Gasteiger partial charge is 0.400 e. The van der Waals surface area contributed by atoms with Crippen LogP contribution in [-0.4, -0.2) is 12.2 Å². The van der Waals surface area contributed by atoms with Crippen molar-refractivity contribution >= 4 is 12.2 Å². The molecule has 0 radical (unpaired) electrons. The summed E-state index contributed by atoms with van der Waals surface area (Å²) in [6, 6.07) is 20.6. The fourth-order valence-electron chi connectivity index (χ4n) is 1.32. The third-order valence-corrected chi connectivity index (χ3v) is 2.07. The second-order valence-electron chi connectivity index (χ2n) is 3.15. The molecular weight excluding hydrogens is 196 g/mol. The fourth-order valence-corrected chi connectivity index (χ4v) is 1.32. The van der Waals surface area contributed by atoms with Crippen LogP contribution in [-0.2, 0) is 0 Å². The maximum Gasteiger partial charge on any atom is 0.0319 e. The molecule has 0 bridgehead atoms. The molecule has 0 saturated heterocycles. The highest BCUT2D eigenvalue weighted by atomic mass is 16.2. The first-order valence-electron chi connectivity index (χ1n) is 5.18. The summed E-state index contributed by atoms with van der Waals surface area (Å²) in [5, 5.41) is 7.00. The Labute approximate surface area is 96.7 Å². The van der Waals surface area contributed by atoms with Crippen LogP contribution in [0.2, 0.25) is 0 Å². The van der Waals surface area contributed by atoms with E-state index >= 15 is 0 Å². The summed E-state index contributed by atoms with van der Waals surface area (Å²) in [5.74, 6) is 0. The van der Waals surface area contributed by atoms with Crippen LogP contribution in [0.3, 0.4) is 0 Å². The topological polar surface area (TPSA) is 20.2 Å². The van der Waals surface area contributed by atoms with Crippen molar-refractivity contribution in [2.24, 2.45) is 0 Å². The van der Waals surface area contributed by atoms with Gasteiger partial charge in [-0.2, -0.15) is 0 Å². The van der Waals surface area contributed by atoms with Gasteiger partial charge in [0.05, 0.1) is 0 Å². The highest BCUT2D eigenvalue weighted by Crippen LogP contribution is 2.06. The van der Waals surface area contributed by atoms with E-state index in [1.165, 1.54) is 11.1 Å². The number of hydrogen-bond donors (Lipinski definition) is 1. The second kappa shape index (κ2) is 7.43. The van der Waals surface area contributed by atoms with E-state index in [1.54, 1.807) is 0 Å². The Morgan fingerprint density at radius 2 is 0.938 bits per heavy atom. The molecule has 1 N–H and O–H groups in total. The van der Waals surface area contributed by atoms with Crippen LogP contribution in [0.15, 0.2) is 60.7 Å². The minimum Gasteiger partial charge on any atom is -0.400 e. The SMILES string of the molecule is C(=C\c1ccccc1)/c1ccccc1.CO. The standard InChI is InChI=1S/C14H12.CH4O/c1-3-7-13(8-4-1)11-12-14-9-5-2-6-10-14;1-2/h1-12H;2H,1H3/b12-11+;. The number of aliphatic hydroxyl groups is 1. The predicted octanol–water partition coefficient (Wildman–Crippen LogP) is 3.47. The molecule has 0 amide bonds. The lowest BCUT2D eigenvalue weighted by Crippen LogP contribution is -1.70. The summed E-state index contributed by atoms with van der Waals surface area (Å²) in [5.41, 5.74) is 2.47. The molecule has 2 rings (SSSR count). The first-order valence-corrected chi connectivity index (χ1v) is 5.18. The van der Waals surface area contributed by atoms with Crippen molar-refractivity contribution in [2.75, 3.05) is 7.11 Å². The zero-order valence-electron chi connectivity index (χ0n) is 9.38. The lowest BCUT2D eigenvalue weighted by Gasteiger charge is -1.92. The first kappa shape index (κ1) is 12.2. The Bertz CT molecular complexity index is 362.